The number of aromatic nitrogens is 1. The highest BCUT2D eigenvalue weighted by molar-refractivity contribution is 9.10. The second kappa shape index (κ2) is 10.8. The van der Waals surface area contributed by atoms with Crippen molar-refractivity contribution in [3.05, 3.63) is 57.8 Å². The molecule has 0 N–H and O–H groups in total. The Bertz CT molecular complexity index is 825. The van der Waals surface area contributed by atoms with Gasteiger partial charge in [-0.3, -0.25) is 9.59 Å². The maximum atomic E-state index is 12.8. The fourth-order valence-corrected chi connectivity index (χ4v) is 4.23. The van der Waals surface area contributed by atoms with Crippen LogP contribution in [-0.2, 0) is 16.1 Å². The second-order valence-electron chi connectivity index (χ2n) is 7.76. The lowest BCUT2D eigenvalue weighted by molar-refractivity contribution is -0.145. The number of unbranched alkanes of at least 4 members (excludes halogenated alkanes) is 6. The molecule has 4 nitrogen and oxygen atoms in total. The third-order valence-corrected chi connectivity index (χ3v) is 6.16. The van der Waals surface area contributed by atoms with Gasteiger partial charge >= 0.3 is 5.97 Å². The number of hydrogen-bond donors (Lipinski definition) is 0. The van der Waals surface area contributed by atoms with Gasteiger partial charge < -0.3 is 9.30 Å². The summed E-state index contributed by atoms with van der Waals surface area (Å²) in [6.07, 6.45) is 9.10. The number of benzene rings is 1. The zero-order chi connectivity index (χ0) is 20.6. The van der Waals surface area contributed by atoms with Crippen molar-refractivity contribution in [3.8, 4) is 0 Å². The molecule has 3 rings (SSSR count). The van der Waals surface area contributed by atoms with E-state index in [2.05, 4.69) is 22.9 Å². The Kier molecular flexibility index (Phi) is 8.10. The Morgan fingerprint density at radius 1 is 1.00 bits per heavy atom. The first-order valence-corrected chi connectivity index (χ1v) is 11.6. The number of carbonyl (C=O) groups is 2. The quantitative estimate of drug-likeness (QED) is 0.226. The average Bonchev–Trinajstić information content (AvgIpc) is 3.32. The van der Waals surface area contributed by atoms with Crippen LogP contribution in [-0.4, -0.2) is 22.9 Å². The Balaban J connectivity index is 1.50. The van der Waals surface area contributed by atoms with Crippen molar-refractivity contribution >= 4 is 27.7 Å². The third kappa shape index (κ3) is 5.59. The topological polar surface area (TPSA) is 48.3 Å². The van der Waals surface area contributed by atoms with Crippen LogP contribution in [0.3, 0.4) is 0 Å². The molecule has 2 heterocycles. The first-order chi connectivity index (χ1) is 14.1. The van der Waals surface area contributed by atoms with E-state index in [-0.39, 0.29) is 17.7 Å². The molecule has 5 heteroatoms. The molecule has 1 aromatic heterocycles. The van der Waals surface area contributed by atoms with Gasteiger partial charge in [-0.25, -0.2) is 0 Å². The van der Waals surface area contributed by atoms with Gasteiger partial charge in [-0.15, -0.1) is 0 Å². The summed E-state index contributed by atoms with van der Waals surface area (Å²) in [6, 6.07) is 11.1. The predicted octanol–water partition coefficient (Wildman–Crippen LogP) is 6.26. The van der Waals surface area contributed by atoms with Crippen molar-refractivity contribution in [1.29, 1.82) is 0 Å². The lowest BCUT2D eigenvalue weighted by Gasteiger charge is -2.10. The van der Waals surface area contributed by atoms with E-state index in [0.29, 0.717) is 30.8 Å². The van der Waals surface area contributed by atoms with E-state index in [4.69, 9.17) is 4.74 Å². The summed E-state index contributed by atoms with van der Waals surface area (Å²) in [4.78, 5) is 25.4. The number of ketones is 1. The highest BCUT2D eigenvalue weighted by Crippen LogP contribution is 2.32. The Labute approximate surface area is 181 Å². The minimum absolute atomic E-state index is 0.0131. The number of carbonyl (C=O) groups excluding carboxylic acids is 2. The molecule has 0 saturated heterocycles. The molecular weight excluding hydrogens is 430 g/mol. The summed E-state index contributed by atoms with van der Waals surface area (Å²) in [5, 5.41) is 0. The van der Waals surface area contributed by atoms with Crippen molar-refractivity contribution < 1.29 is 14.3 Å². The Morgan fingerprint density at radius 3 is 2.41 bits per heavy atom. The molecule has 1 aromatic carbocycles. The largest absolute Gasteiger partial charge is 0.465 e. The van der Waals surface area contributed by atoms with Crippen LogP contribution in [0, 0.1) is 0 Å². The molecule has 0 bridgehead atoms. The summed E-state index contributed by atoms with van der Waals surface area (Å²) >= 11 is 3.39. The van der Waals surface area contributed by atoms with Crippen LogP contribution in [0.15, 0.2) is 40.9 Å². The van der Waals surface area contributed by atoms with Crippen molar-refractivity contribution in [2.24, 2.45) is 0 Å². The van der Waals surface area contributed by atoms with E-state index in [1.807, 2.05) is 41.0 Å². The summed E-state index contributed by atoms with van der Waals surface area (Å²) in [5.41, 5.74) is 2.19. The SMILES string of the molecule is CCCCCCCCCOC(=O)C1CCn2c(C(=O)c3ccc(Br)cc3)ccc21. The molecule has 29 heavy (non-hydrogen) atoms. The summed E-state index contributed by atoms with van der Waals surface area (Å²) in [7, 11) is 0. The summed E-state index contributed by atoms with van der Waals surface area (Å²) < 4.78 is 8.45. The number of fused-ring (bicyclic) bond motifs is 1. The van der Waals surface area contributed by atoms with Gasteiger partial charge in [0.25, 0.3) is 0 Å². The minimum Gasteiger partial charge on any atom is -0.465 e. The van der Waals surface area contributed by atoms with Gasteiger partial charge in [-0.2, -0.15) is 0 Å². The van der Waals surface area contributed by atoms with Gasteiger partial charge in [0.1, 0.15) is 0 Å². The molecule has 0 spiro atoms. The minimum atomic E-state index is -0.258. The Morgan fingerprint density at radius 2 is 1.69 bits per heavy atom. The highest BCUT2D eigenvalue weighted by atomic mass is 79.9. The van der Waals surface area contributed by atoms with E-state index in [1.54, 1.807) is 0 Å². The van der Waals surface area contributed by atoms with Gasteiger partial charge in [0, 0.05) is 22.3 Å². The standard InChI is InChI=1S/C24H30BrNO3/c1-2-3-4-5-6-7-8-17-29-24(28)20-15-16-26-21(20)13-14-22(26)23(27)18-9-11-19(25)12-10-18/h9-14,20H,2-8,15-17H2,1H3. The van der Waals surface area contributed by atoms with Gasteiger partial charge in [-0.05, 0) is 49.2 Å². The van der Waals surface area contributed by atoms with Crippen LogP contribution >= 0.6 is 15.9 Å². The van der Waals surface area contributed by atoms with Gasteiger partial charge in [0.2, 0.25) is 5.78 Å². The summed E-state index contributed by atoms with van der Waals surface area (Å²) in [5.74, 6) is -0.428. The van der Waals surface area contributed by atoms with Crippen LogP contribution in [0.1, 0.15) is 86.0 Å². The lowest BCUT2D eigenvalue weighted by atomic mass is 10.1. The van der Waals surface area contributed by atoms with Crippen LogP contribution < -0.4 is 0 Å². The van der Waals surface area contributed by atoms with Crippen molar-refractivity contribution in [2.45, 2.75) is 70.8 Å². The van der Waals surface area contributed by atoms with Crippen LogP contribution in [0.4, 0.5) is 0 Å². The average molecular weight is 460 g/mol. The van der Waals surface area contributed by atoms with E-state index in [9.17, 15) is 9.59 Å². The van der Waals surface area contributed by atoms with Gasteiger partial charge in [-0.1, -0.05) is 61.4 Å². The van der Waals surface area contributed by atoms with Crippen LogP contribution in [0.5, 0.6) is 0 Å². The Hall–Kier alpha value is -1.88. The molecule has 1 aliphatic heterocycles. The van der Waals surface area contributed by atoms with E-state index >= 15 is 0 Å². The molecular formula is C24H30BrNO3. The monoisotopic (exact) mass is 459 g/mol. The van der Waals surface area contributed by atoms with Crippen LogP contribution in [0.2, 0.25) is 0 Å². The van der Waals surface area contributed by atoms with Gasteiger partial charge in [0.15, 0.2) is 0 Å². The highest BCUT2D eigenvalue weighted by Gasteiger charge is 2.32. The van der Waals surface area contributed by atoms with Crippen molar-refractivity contribution in [3.63, 3.8) is 0 Å². The maximum Gasteiger partial charge on any atom is 0.315 e. The van der Waals surface area contributed by atoms with Crippen molar-refractivity contribution in [2.75, 3.05) is 6.61 Å². The predicted molar refractivity (Wildman–Crippen MR) is 118 cm³/mol. The second-order valence-corrected chi connectivity index (χ2v) is 8.68. The first kappa shape index (κ1) is 21.8. The zero-order valence-electron chi connectivity index (χ0n) is 17.2. The maximum absolute atomic E-state index is 12.8. The number of nitrogens with zero attached hydrogens (tertiary/aromatic N) is 1. The number of esters is 1. The fourth-order valence-electron chi connectivity index (χ4n) is 3.96. The smallest absolute Gasteiger partial charge is 0.315 e. The lowest BCUT2D eigenvalue weighted by Crippen LogP contribution is -2.14. The molecule has 1 atom stereocenters. The first-order valence-electron chi connectivity index (χ1n) is 10.8. The normalized spacial score (nSPS) is 15.3. The molecule has 156 valence electrons. The van der Waals surface area contributed by atoms with Gasteiger partial charge in [0.05, 0.1) is 18.2 Å². The number of halogens is 1. The molecule has 0 saturated carbocycles. The molecule has 0 aliphatic carbocycles. The van der Waals surface area contributed by atoms with Crippen LogP contribution in [0.25, 0.3) is 0 Å². The third-order valence-electron chi connectivity index (χ3n) is 5.63. The summed E-state index contributed by atoms with van der Waals surface area (Å²) in [6.45, 7) is 3.39. The molecule has 1 unspecified atom stereocenters. The zero-order valence-corrected chi connectivity index (χ0v) is 18.7. The number of rotatable bonds is 11. The molecule has 2 aromatic rings. The fraction of sp³-hybridized carbons (Fsp3) is 0.500. The molecule has 0 radical (unpaired) electrons. The molecule has 0 fully saturated rings. The van der Waals surface area contributed by atoms with E-state index in [0.717, 1.165) is 23.0 Å². The van der Waals surface area contributed by atoms with E-state index < -0.39 is 0 Å². The number of hydrogen-bond acceptors (Lipinski definition) is 3. The van der Waals surface area contributed by atoms with E-state index in [1.165, 1.54) is 32.1 Å². The molecule has 1 aliphatic rings. The molecule has 0 amide bonds. The van der Waals surface area contributed by atoms with Crippen molar-refractivity contribution in [1.82, 2.24) is 4.57 Å². The number of ether oxygens (including phenoxy) is 1.